The molecule has 2 unspecified atom stereocenters. The van der Waals surface area contributed by atoms with Gasteiger partial charge < -0.3 is 0 Å². The Labute approximate surface area is 334 Å². The molecule has 2 aliphatic carbocycles. The van der Waals surface area contributed by atoms with E-state index in [1.807, 2.05) is 30.6 Å². The Kier molecular flexibility index (Phi) is 9.60. The molecule has 278 valence electrons. The van der Waals surface area contributed by atoms with Crippen molar-refractivity contribution < 1.29 is 0 Å². The van der Waals surface area contributed by atoms with E-state index in [2.05, 4.69) is 171 Å². The van der Waals surface area contributed by atoms with E-state index in [0.29, 0.717) is 5.92 Å². The number of para-hydroxylation sites is 2. The molecule has 0 bridgehead atoms. The van der Waals surface area contributed by atoms with E-state index in [9.17, 15) is 0 Å². The first-order chi connectivity index (χ1) is 27.9. The number of fused-ring (bicyclic) bond motifs is 10. The maximum absolute atomic E-state index is 5.15. The lowest BCUT2D eigenvalue weighted by Gasteiger charge is -2.24. The Morgan fingerprint density at radius 2 is 1.58 bits per heavy atom. The molecule has 0 saturated carbocycles. The summed E-state index contributed by atoms with van der Waals surface area (Å²) >= 11 is 0. The van der Waals surface area contributed by atoms with Crippen LogP contribution in [0.15, 0.2) is 140 Å². The third kappa shape index (κ3) is 6.53. The van der Waals surface area contributed by atoms with E-state index in [0.717, 1.165) is 51.9 Å². The zero-order chi connectivity index (χ0) is 39.0. The number of imidazole rings is 1. The van der Waals surface area contributed by atoms with Crippen LogP contribution >= 0.6 is 0 Å². The molecule has 3 aromatic heterocycles. The first-order valence-electron chi connectivity index (χ1n) is 20.1. The predicted octanol–water partition coefficient (Wildman–Crippen LogP) is 10.5. The first-order valence-corrected chi connectivity index (χ1v) is 20.1. The summed E-state index contributed by atoms with van der Waals surface area (Å²) in [5.41, 5.74) is 13.2. The van der Waals surface area contributed by atoms with Crippen LogP contribution in [0.2, 0.25) is 0 Å². The molecular weight excluding hydrogens is 691 g/mol. The summed E-state index contributed by atoms with van der Waals surface area (Å²) < 4.78 is 2.28. The maximum Gasteiger partial charge on any atom is 0.146 e. The molecular formula is C54H47N3. The third-order valence-electron chi connectivity index (χ3n) is 11.8. The molecule has 0 fully saturated rings. The zero-order valence-electron chi connectivity index (χ0n) is 33.0. The van der Waals surface area contributed by atoms with Crippen LogP contribution in [-0.4, -0.2) is 14.4 Å². The van der Waals surface area contributed by atoms with Gasteiger partial charge in [0.25, 0.3) is 0 Å². The van der Waals surface area contributed by atoms with Gasteiger partial charge in [-0.2, -0.15) is 0 Å². The number of nitrogens with zero attached hydrogens (tertiary/aromatic N) is 3. The molecule has 0 N–H and O–H groups in total. The van der Waals surface area contributed by atoms with Gasteiger partial charge in [-0.25, -0.2) is 4.98 Å². The lowest BCUT2D eigenvalue weighted by Crippen LogP contribution is -2.34. The van der Waals surface area contributed by atoms with Crippen molar-refractivity contribution in [3.05, 3.63) is 189 Å². The molecule has 0 saturated heterocycles. The van der Waals surface area contributed by atoms with Gasteiger partial charge in [-0.3, -0.25) is 9.38 Å². The van der Waals surface area contributed by atoms with Crippen molar-refractivity contribution in [3.8, 4) is 0 Å². The molecule has 0 aliphatic heterocycles. The fourth-order valence-corrected chi connectivity index (χ4v) is 8.95. The highest BCUT2D eigenvalue weighted by molar-refractivity contribution is 6.02. The minimum atomic E-state index is 0.200. The number of hydrogen-bond donors (Lipinski definition) is 0. The van der Waals surface area contributed by atoms with E-state index in [-0.39, 0.29) is 5.92 Å². The smallest absolute Gasteiger partial charge is 0.146 e. The molecule has 3 heterocycles. The molecule has 2 atom stereocenters. The number of allylic oxidation sites excluding steroid dienone is 10. The van der Waals surface area contributed by atoms with Gasteiger partial charge in [-0.05, 0) is 128 Å². The highest BCUT2D eigenvalue weighted by Crippen LogP contribution is 2.39. The largest absolute Gasteiger partial charge is 0.290 e. The Hall–Kier alpha value is -6.58. The second kappa shape index (κ2) is 15.2. The fraction of sp³-hybridized carbons (Fsp3) is 0.148. The molecule has 57 heavy (non-hydrogen) atoms. The van der Waals surface area contributed by atoms with E-state index >= 15 is 0 Å². The van der Waals surface area contributed by atoms with Gasteiger partial charge in [0.05, 0.1) is 22.7 Å². The van der Waals surface area contributed by atoms with E-state index in [1.54, 1.807) is 0 Å². The normalized spacial score (nSPS) is 16.8. The van der Waals surface area contributed by atoms with Gasteiger partial charge in [0, 0.05) is 23.1 Å². The van der Waals surface area contributed by atoms with Crippen LogP contribution in [0.1, 0.15) is 67.3 Å². The summed E-state index contributed by atoms with van der Waals surface area (Å²) in [6, 6.07) is 26.2. The minimum Gasteiger partial charge on any atom is -0.290 e. The van der Waals surface area contributed by atoms with Gasteiger partial charge in [0.15, 0.2) is 0 Å². The number of pyridine rings is 2. The molecule has 9 rings (SSSR count). The Balaban J connectivity index is 1.24. The van der Waals surface area contributed by atoms with E-state index in [4.69, 9.17) is 4.98 Å². The highest BCUT2D eigenvalue weighted by atomic mass is 15.0. The molecule has 2 aliphatic rings. The predicted molar refractivity (Wildman–Crippen MR) is 245 cm³/mol. The molecule has 7 aromatic rings. The van der Waals surface area contributed by atoms with E-state index in [1.165, 1.54) is 65.6 Å². The van der Waals surface area contributed by atoms with Gasteiger partial charge >= 0.3 is 0 Å². The monoisotopic (exact) mass is 737 g/mol. The summed E-state index contributed by atoms with van der Waals surface area (Å²) in [4.78, 5) is 9.72. The lowest BCUT2D eigenvalue weighted by molar-refractivity contribution is 0.833. The molecule has 0 amide bonds. The van der Waals surface area contributed by atoms with Crippen molar-refractivity contribution in [3.63, 3.8) is 0 Å². The highest BCUT2D eigenvalue weighted by Gasteiger charge is 2.24. The average molecular weight is 738 g/mol. The molecule has 0 radical (unpaired) electrons. The maximum atomic E-state index is 5.15. The SMILES string of the molecule is C=C/C=C\C(C)/C=C\C=C(/C)c1c2c(c(/C(C)=C/C=c3/ccccc3=C)c3cc(C4C=Cc5c(c6ccncc6n6c5nc5ccccc56)C4)ccc13)=CCCC=2. The van der Waals surface area contributed by atoms with Crippen LogP contribution in [0.25, 0.3) is 80.4 Å². The summed E-state index contributed by atoms with van der Waals surface area (Å²) in [5.74, 6) is 0.521. The van der Waals surface area contributed by atoms with Crippen LogP contribution in [0, 0.1) is 5.92 Å². The number of hydrogen-bond acceptors (Lipinski definition) is 2. The lowest BCUT2D eigenvalue weighted by atomic mass is 9.81. The summed E-state index contributed by atoms with van der Waals surface area (Å²) in [5, 5.41) is 8.65. The fourth-order valence-electron chi connectivity index (χ4n) is 8.95. The summed E-state index contributed by atoms with van der Waals surface area (Å²) in [7, 11) is 0. The number of rotatable bonds is 8. The topological polar surface area (TPSA) is 30.2 Å². The Morgan fingerprint density at radius 1 is 0.825 bits per heavy atom. The van der Waals surface area contributed by atoms with Crippen LogP contribution in [-0.2, 0) is 6.42 Å². The van der Waals surface area contributed by atoms with Crippen LogP contribution in [0.4, 0.5) is 0 Å². The van der Waals surface area contributed by atoms with Gasteiger partial charge in [-0.1, -0.05) is 142 Å². The zero-order valence-corrected chi connectivity index (χ0v) is 33.0. The minimum absolute atomic E-state index is 0.200. The summed E-state index contributed by atoms with van der Waals surface area (Å²) in [6.45, 7) is 14.9. The Morgan fingerprint density at radius 3 is 2.40 bits per heavy atom. The van der Waals surface area contributed by atoms with Crippen LogP contribution in [0.3, 0.4) is 0 Å². The molecule has 3 nitrogen and oxygen atoms in total. The van der Waals surface area contributed by atoms with Crippen molar-refractivity contribution in [2.24, 2.45) is 5.92 Å². The quantitative estimate of drug-likeness (QED) is 0.145. The Bertz CT molecular complexity index is 3180. The first kappa shape index (κ1) is 36.1. The van der Waals surface area contributed by atoms with Crippen LogP contribution in [0.5, 0.6) is 0 Å². The van der Waals surface area contributed by atoms with Crippen molar-refractivity contribution in [1.29, 1.82) is 0 Å². The van der Waals surface area contributed by atoms with Gasteiger partial charge in [0.2, 0.25) is 0 Å². The molecule has 4 aromatic carbocycles. The van der Waals surface area contributed by atoms with Gasteiger partial charge in [-0.15, -0.1) is 0 Å². The molecule has 0 spiro atoms. The standard InChI is InChI=1S/C54H47N3/c1-6-7-15-35(2)16-14-18-37(4)52-43-20-10-11-21-44(43)53(38(5)24-25-39-19-9-8-17-36(39)3)48-33-41(26-28-45(48)52)40-27-29-46-47(32-40)42-30-31-55-34-51(42)57-50-23-13-12-22-49(50)56-54(46)57/h6-9,12-31,33-35,40H,1,3,10-11,32H2,2,4-5H3/b15-7-,16-14-,37-18+,38-24+,39-25-. The summed E-state index contributed by atoms with van der Waals surface area (Å²) in [6.07, 6.45) is 33.8. The van der Waals surface area contributed by atoms with E-state index < -0.39 is 0 Å². The second-order valence-corrected chi connectivity index (χ2v) is 15.5. The second-order valence-electron chi connectivity index (χ2n) is 15.5. The number of benzene rings is 4. The van der Waals surface area contributed by atoms with Crippen molar-refractivity contribution >= 4 is 80.4 Å². The number of aromatic nitrogens is 3. The average Bonchev–Trinajstić information content (AvgIpc) is 3.64. The van der Waals surface area contributed by atoms with Crippen molar-refractivity contribution in [2.45, 2.75) is 46.0 Å². The van der Waals surface area contributed by atoms with Crippen molar-refractivity contribution in [2.75, 3.05) is 0 Å². The van der Waals surface area contributed by atoms with Crippen LogP contribution < -0.4 is 20.9 Å². The van der Waals surface area contributed by atoms with Crippen molar-refractivity contribution in [1.82, 2.24) is 14.4 Å². The molecule has 3 heteroatoms. The third-order valence-corrected chi connectivity index (χ3v) is 11.8. The van der Waals surface area contributed by atoms with Gasteiger partial charge in [0.1, 0.15) is 5.65 Å².